The molecule has 4 heteroatoms. The van der Waals surface area contributed by atoms with Gasteiger partial charge in [-0.3, -0.25) is 9.69 Å². The summed E-state index contributed by atoms with van der Waals surface area (Å²) in [6.07, 6.45) is 3.55. The van der Waals surface area contributed by atoms with E-state index < -0.39 is 0 Å². The van der Waals surface area contributed by atoms with Crippen LogP contribution in [0.5, 0.6) is 5.75 Å². The molecule has 1 aliphatic heterocycles. The summed E-state index contributed by atoms with van der Waals surface area (Å²) in [6, 6.07) is 29.2. The van der Waals surface area contributed by atoms with Crippen LogP contribution in [0.1, 0.15) is 29.7 Å². The van der Waals surface area contributed by atoms with Crippen molar-refractivity contribution < 1.29 is 9.53 Å². The Labute approximate surface area is 190 Å². The quantitative estimate of drug-likeness (QED) is 0.497. The summed E-state index contributed by atoms with van der Waals surface area (Å²) >= 11 is 0. The van der Waals surface area contributed by atoms with Gasteiger partial charge in [0, 0.05) is 32.3 Å². The van der Waals surface area contributed by atoms with Gasteiger partial charge in [-0.15, -0.1) is 0 Å². The van der Waals surface area contributed by atoms with Crippen molar-refractivity contribution in [3.05, 3.63) is 108 Å². The van der Waals surface area contributed by atoms with Crippen molar-refractivity contribution in [3.63, 3.8) is 0 Å². The number of amides is 1. The highest BCUT2D eigenvalue weighted by atomic mass is 16.5. The molecule has 0 unspecified atom stereocenters. The van der Waals surface area contributed by atoms with E-state index in [0.717, 1.165) is 37.5 Å². The van der Waals surface area contributed by atoms with Crippen LogP contribution in [-0.4, -0.2) is 48.5 Å². The summed E-state index contributed by atoms with van der Waals surface area (Å²) in [4.78, 5) is 17.2. The van der Waals surface area contributed by atoms with E-state index in [1.807, 2.05) is 42.2 Å². The maximum atomic E-state index is 12.8. The Kier molecular flexibility index (Phi) is 7.36. The molecule has 164 valence electrons. The molecule has 0 atom stereocenters. The summed E-state index contributed by atoms with van der Waals surface area (Å²) in [5.74, 6) is 0.910. The Morgan fingerprint density at radius 1 is 0.844 bits per heavy atom. The first-order valence-corrected chi connectivity index (χ1v) is 11.3. The molecule has 1 fully saturated rings. The standard InChI is InChI=1S/C28H30N2O2/c1-2-32-26-16-13-23(14-17-26)15-18-27(31)29-19-21-30(22-20-29)28(24-9-5-3-6-10-24)25-11-7-4-8-12-25/h3-18,28H,2,19-22H2,1H3. The van der Waals surface area contributed by atoms with Crippen LogP contribution in [0.15, 0.2) is 91.0 Å². The van der Waals surface area contributed by atoms with Crippen molar-refractivity contribution in [1.82, 2.24) is 9.80 Å². The maximum absolute atomic E-state index is 12.8. The van der Waals surface area contributed by atoms with Gasteiger partial charge in [-0.1, -0.05) is 72.8 Å². The lowest BCUT2D eigenvalue weighted by molar-refractivity contribution is -0.127. The van der Waals surface area contributed by atoms with Crippen molar-refractivity contribution in [3.8, 4) is 5.75 Å². The van der Waals surface area contributed by atoms with Crippen LogP contribution >= 0.6 is 0 Å². The number of carbonyl (C=O) groups excluding carboxylic acids is 1. The third-order valence-corrected chi connectivity index (χ3v) is 5.83. The van der Waals surface area contributed by atoms with Crippen molar-refractivity contribution in [1.29, 1.82) is 0 Å². The number of carbonyl (C=O) groups is 1. The minimum absolute atomic E-state index is 0.0644. The van der Waals surface area contributed by atoms with Crippen molar-refractivity contribution in [2.45, 2.75) is 13.0 Å². The molecule has 3 aromatic rings. The van der Waals surface area contributed by atoms with Gasteiger partial charge in [0.15, 0.2) is 0 Å². The number of rotatable bonds is 7. The molecule has 0 aromatic heterocycles. The largest absolute Gasteiger partial charge is 0.494 e. The molecule has 0 spiro atoms. The summed E-state index contributed by atoms with van der Waals surface area (Å²) in [5, 5.41) is 0. The van der Waals surface area contributed by atoms with Crippen molar-refractivity contribution in [2.24, 2.45) is 0 Å². The molecule has 0 aliphatic carbocycles. The summed E-state index contributed by atoms with van der Waals surface area (Å²) in [7, 11) is 0. The Morgan fingerprint density at radius 2 is 1.41 bits per heavy atom. The smallest absolute Gasteiger partial charge is 0.246 e. The number of hydrogen-bond acceptors (Lipinski definition) is 3. The Hall–Kier alpha value is -3.37. The van der Waals surface area contributed by atoms with Gasteiger partial charge in [-0.05, 0) is 41.8 Å². The Balaban J connectivity index is 1.39. The van der Waals surface area contributed by atoms with Crippen LogP contribution in [0, 0.1) is 0 Å². The predicted octanol–water partition coefficient (Wildman–Crippen LogP) is 5.03. The van der Waals surface area contributed by atoms with Crippen LogP contribution in [0.2, 0.25) is 0 Å². The van der Waals surface area contributed by atoms with Gasteiger partial charge in [0.05, 0.1) is 12.6 Å². The minimum Gasteiger partial charge on any atom is -0.494 e. The molecular formula is C28H30N2O2. The van der Waals surface area contributed by atoms with E-state index in [1.165, 1.54) is 11.1 Å². The maximum Gasteiger partial charge on any atom is 0.246 e. The number of ether oxygens (including phenoxy) is 1. The van der Waals surface area contributed by atoms with E-state index in [-0.39, 0.29) is 11.9 Å². The number of piperazine rings is 1. The average Bonchev–Trinajstić information content (AvgIpc) is 2.86. The fraction of sp³-hybridized carbons (Fsp3) is 0.250. The second kappa shape index (κ2) is 10.8. The van der Waals surface area contributed by atoms with E-state index in [0.29, 0.717) is 6.61 Å². The molecule has 1 aliphatic rings. The summed E-state index contributed by atoms with van der Waals surface area (Å²) in [5.41, 5.74) is 3.57. The Bertz CT molecular complexity index is 969. The van der Waals surface area contributed by atoms with Gasteiger partial charge < -0.3 is 9.64 Å². The van der Waals surface area contributed by atoms with Crippen LogP contribution in [0.3, 0.4) is 0 Å². The lowest BCUT2D eigenvalue weighted by Gasteiger charge is -2.39. The molecule has 3 aromatic carbocycles. The first kappa shape index (κ1) is 21.8. The van der Waals surface area contributed by atoms with Gasteiger partial charge in [0.1, 0.15) is 5.75 Å². The van der Waals surface area contributed by atoms with E-state index in [4.69, 9.17) is 4.74 Å². The van der Waals surface area contributed by atoms with Crippen molar-refractivity contribution in [2.75, 3.05) is 32.8 Å². The molecule has 1 amide bonds. The monoisotopic (exact) mass is 426 g/mol. The normalized spacial score (nSPS) is 14.8. The third-order valence-electron chi connectivity index (χ3n) is 5.83. The molecule has 4 rings (SSSR count). The zero-order valence-electron chi connectivity index (χ0n) is 18.6. The molecule has 0 radical (unpaired) electrons. The lowest BCUT2D eigenvalue weighted by Crippen LogP contribution is -2.49. The number of hydrogen-bond donors (Lipinski definition) is 0. The SMILES string of the molecule is CCOc1ccc(C=CC(=O)N2CCN(C(c3ccccc3)c3ccccc3)CC2)cc1. The molecular weight excluding hydrogens is 396 g/mol. The average molecular weight is 427 g/mol. The van der Waals surface area contributed by atoms with Gasteiger partial charge >= 0.3 is 0 Å². The molecule has 1 heterocycles. The zero-order chi connectivity index (χ0) is 22.2. The first-order chi connectivity index (χ1) is 15.7. The lowest BCUT2D eigenvalue weighted by atomic mass is 9.96. The van der Waals surface area contributed by atoms with Gasteiger partial charge in [-0.25, -0.2) is 0 Å². The highest BCUT2D eigenvalue weighted by Gasteiger charge is 2.27. The fourth-order valence-electron chi connectivity index (χ4n) is 4.20. The first-order valence-electron chi connectivity index (χ1n) is 11.3. The molecule has 32 heavy (non-hydrogen) atoms. The molecule has 0 saturated carbocycles. The molecule has 1 saturated heterocycles. The van der Waals surface area contributed by atoms with Crippen LogP contribution in [-0.2, 0) is 4.79 Å². The second-order valence-corrected chi connectivity index (χ2v) is 7.92. The Morgan fingerprint density at radius 3 is 1.94 bits per heavy atom. The van der Waals surface area contributed by atoms with Gasteiger partial charge in [0.2, 0.25) is 5.91 Å². The highest BCUT2D eigenvalue weighted by molar-refractivity contribution is 5.91. The summed E-state index contributed by atoms with van der Waals surface area (Å²) in [6.45, 7) is 5.75. The predicted molar refractivity (Wildman–Crippen MR) is 130 cm³/mol. The number of benzene rings is 3. The fourth-order valence-corrected chi connectivity index (χ4v) is 4.20. The van der Waals surface area contributed by atoms with E-state index in [9.17, 15) is 4.79 Å². The topological polar surface area (TPSA) is 32.8 Å². The van der Waals surface area contributed by atoms with Crippen LogP contribution in [0.4, 0.5) is 0 Å². The third kappa shape index (κ3) is 5.45. The van der Waals surface area contributed by atoms with Gasteiger partial charge in [0.25, 0.3) is 0 Å². The molecule has 0 bridgehead atoms. The summed E-state index contributed by atoms with van der Waals surface area (Å²) < 4.78 is 5.47. The van der Waals surface area contributed by atoms with E-state index >= 15 is 0 Å². The number of nitrogens with zero attached hydrogens (tertiary/aromatic N) is 2. The van der Waals surface area contributed by atoms with E-state index in [2.05, 4.69) is 65.6 Å². The highest BCUT2D eigenvalue weighted by Crippen LogP contribution is 2.29. The minimum atomic E-state index is 0.0644. The van der Waals surface area contributed by atoms with Crippen LogP contribution < -0.4 is 4.74 Å². The zero-order valence-corrected chi connectivity index (χ0v) is 18.6. The molecule has 4 nitrogen and oxygen atoms in total. The second-order valence-electron chi connectivity index (χ2n) is 7.92. The molecule has 0 N–H and O–H groups in total. The van der Waals surface area contributed by atoms with Gasteiger partial charge in [-0.2, -0.15) is 0 Å². The van der Waals surface area contributed by atoms with E-state index in [1.54, 1.807) is 6.08 Å². The van der Waals surface area contributed by atoms with Crippen molar-refractivity contribution >= 4 is 12.0 Å². The van der Waals surface area contributed by atoms with Crippen LogP contribution in [0.25, 0.3) is 6.08 Å².